The zero-order valence-corrected chi connectivity index (χ0v) is 11.7. The third-order valence-electron chi connectivity index (χ3n) is 1.02. The summed E-state index contributed by atoms with van der Waals surface area (Å²) in [6.07, 6.45) is 0. The molecule has 0 fully saturated rings. The zero-order valence-electron chi connectivity index (χ0n) is 9.74. The third kappa shape index (κ3) is 13.2. The van der Waals surface area contributed by atoms with Crippen LogP contribution in [0.25, 0.3) is 0 Å². The van der Waals surface area contributed by atoms with E-state index in [0.717, 1.165) is 0 Å². The summed E-state index contributed by atoms with van der Waals surface area (Å²) < 4.78 is 0.639. The Morgan fingerprint density at radius 3 is 1.73 bits per heavy atom. The van der Waals surface area contributed by atoms with Crippen LogP contribution < -0.4 is 0 Å². The molecule has 1 rings (SSSR count). The van der Waals surface area contributed by atoms with Crippen molar-refractivity contribution >= 4 is 22.3 Å². The zero-order chi connectivity index (χ0) is 11.2. The van der Waals surface area contributed by atoms with Crippen LogP contribution in [-0.4, -0.2) is 32.8 Å². The lowest BCUT2D eigenvalue weighted by atomic mass is 10.2. The van der Waals surface area contributed by atoms with Crippen molar-refractivity contribution in [2.24, 2.45) is 0 Å². The van der Waals surface area contributed by atoms with Crippen LogP contribution >= 0.6 is 0 Å². The highest BCUT2D eigenvalue weighted by atomic mass is 27.0. The SMILES string of the molecule is C[C](C)(C)[AlH2].O.O=C(O)c1ccccc1. The Morgan fingerprint density at radius 1 is 1.20 bits per heavy atom. The van der Waals surface area contributed by atoms with Crippen LogP contribution in [0.15, 0.2) is 30.3 Å². The lowest BCUT2D eigenvalue weighted by Crippen LogP contribution is -1.93. The first-order valence-corrected chi connectivity index (χ1v) is 5.59. The average Bonchev–Trinajstić information content (AvgIpc) is 2.03. The molecule has 0 aliphatic rings. The van der Waals surface area contributed by atoms with E-state index in [2.05, 4.69) is 20.8 Å². The van der Waals surface area contributed by atoms with Crippen molar-refractivity contribution in [3.63, 3.8) is 0 Å². The van der Waals surface area contributed by atoms with Crippen molar-refractivity contribution in [3.05, 3.63) is 35.9 Å². The average molecular weight is 226 g/mol. The molecular weight excluding hydrogens is 207 g/mol. The predicted octanol–water partition coefficient (Wildman–Crippen LogP) is 1.40. The van der Waals surface area contributed by atoms with Crippen molar-refractivity contribution in [2.75, 3.05) is 0 Å². The quantitative estimate of drug-likeness (QED) is 0.735. The molecular formula is C11H19AlO3. The molecule has 84 valence electrons. The Hall–Kier alpha value is -0.818. The summed E-state index contributed by atoms with van der Waals surface area (Å²) in [7, 11) is 0. The van der Waals surface area contributed by atoms with E-state index < -0.39 is 5.97 Å². The molecule has 0 bridgehead atoms. The number of aromatic carboxylic acids is 1. The molecule has 0 atom stereocenters. The molecule has 1 aromatic rings. The molecule has 0 heterocycles. The number of hydrogen-bond donors (Lipinski definition) is 1. The number of hydrogen-bond acceptors (Lipinski definition) is 1. The second-order valence-electron chi connectivity index (χ2n) is 4.67. The van der Waals surface area contributed by atoms with Crippen LogP contribution in [0.2, 0.25) is 4.28 Å². The molecule has 3 nitrogen and oxygen atoms in total. The van der Waals surface area contributed by atoms with Crippen molar-refractivity contribution in [1.82, 2.24) is 0 Å². The van der Waals surface area contributed by atoms with E-state index in [9.17, 15) is 4.79 Å². The summed E-state index contributed by atoms with van der Waals surface area (Å²) in [5.74, 6) is -0.879. The lowest BCUT2D eigenvalue weighted by molar-refractivity contribution is 0.0697. The minimum atomic E-state index is -0.879. The fourth-order valence-electron chi connectivity index (χ4n) is 0.581. The first-order chi connectivity index (χ1) is 6.30. The van der Waals surface area contributed by atoms with Crippen molar-refractivity contribution in [1.29, 1.82) is 0 Å². The Balaban J connectivity index is 0. The van der Waals surface area contributed by atoms with Crippen molar-refractivity contribution in [3.8, 4) is 0 Å². The van der Waals surface area contributed by atoms with Crippen LogP contribution in [0.5, 0.6) is 0 Å². The Bertz CT molecular complexity index is 272. The molecule has 0 radical (unpaired) electrons. The second-order valence-corrected chi connectivity index (χ2v) is 7.67. The second kappa shape index (κ2) is 7.47. The van der Waals surface area contributed by atoms with Crippen molar-refractivity contribution in [2.45, 2.75) is 25.0 Å². The van der Waals surface area contributed by atoms with Crippen LogP contribution in [0.3, 0.4) is 0 Å². The Labute approximate surface area is 98.9 Å². The minimum Gasteiger partial charge on any atom is -0.478 e. The van der Waals surface area contributed by atoms with E-state index in [1.54, 1.807) is 30.3 Å². The van der Waals surface area contributed by atoms with Crippen LogP contribution in [0.1, 0.15) is 31.1 Å². The maximum Gasteiger partial charge on any atom is 0.335 e. The monoisotopic (exact) mass is 226 g/mol. The largest absolute Gasteiger partial charge is 0.478 e. The number of carboxylic acids is 1. The van der Waals surface area contributed by atoms with E-state index in [1.807, 2.05) is 0 Å². The minimum absolute atomic E-state index is 0. The topological polar surface area (TPSA) is 68.8 Å². The first kappa shape index (κ1) is 16.6. The standard InChI is InChI=1S/C7H6O2.C4H9.Al.H2O.2H/c8-7(9)6-4-2-1-3-5-6;1-4(2)3;;;;/h1-5H,(H,8,9);1-3H3;;1H2;;. The van der Waals surface area contributed by atoms with E-state index in [4.69, 9.17) is 5.11 Å². The number of carboxylic acid groups (broad SMARTS) is 1. The molecule has 0 saturated heterocycles. The summed E-state index contributed by atoms with van der Waals surface area (Å²) >= 11 is 1.31. The van der Waals surface area contributed by atoms with Gasteiger partial charge in [0.2, 0.25) is 16.3 Å². The normalized spacial score (nSPS) is 9.27. The van der Waals surface area contributed by atoms with Gasteiger partial charge in [-0.05, 0) is 12.1 Å². The van der Waals surface area contributed by atoms with Gasteiger partial charge in [-0.3, -0.25) is 0 Å². The van der Waals surface area contributed by atoms with Gasteiger partial charge in [0.15, 0.2) is 0 Å². The fraction of sp³-hybridized carbons (Fsp3) is 0.364. The predicted molar refractivity (Wildman–Crippen MR) is 65.3 cm³/mol. The first-order valence-electron chi connectivity index (χ1n) is 4.59. The molecule has 0 amide bonds. The van der Waals surface area contributed by atoms with Crippen LogP contribution in [0, 0.1) is 0 Å². The summed E-state index contributed by atoms with van der Waals surface area (Å²) in [5.41, 5.74) is 0.331. The van der Waals surface area contributed by atoms with Crippen LogP contribution in [-0.2, 0) is 0 Å². The van der Waals surface area contributed by atoms with E-state index in [-0.39, 0.29) is 5.48 Å². The maximum atomic E-state index is 10.2. The molecule has 0 saturated carbocycles. The van der Waals surface area contributed by atoms with Crippen LogP contribution in [0.4, 0.5) is 0 Å². The highest BCUT2D eigenvalue weighted by molar-refractivity contribution is 6.14. The summed E-state index contributed by atoms with van der Waals surface area (Å²) in [4.78, 5) is 10.2. The number of carbonyl (C=O) groups is 1. The molecule has 0 spiro atoms. The Kier molecular flexibility index (Phi) is 8.27. The van der Waals surface area contributed by atoms with Gasteiger partial charge in [-0.25, -0.2) is 4.79 Å². The molecule has 15 heavy (non-hydrogen) atoms. The van der Waals surface area contributed by atoms with E-state index >= 15 is 0 Å². The van der Waals surface area contributed by atoms with Gasteiger partial charge in [0.25, 0.3) is 0 Å². The molecule has 0 aromatic heterocycles. The number of benzene rings is 1. The number of rotatable bonds is 1. The van der Waals surface area contributed by atoms with Gasteiger partial charge < -0.3 is 10.6 Å². The molecule has 0 aliphatic carbocycles. The lowest BCUT2D eigenvalue weighted by Gasteiger charge is -2.05. The smallest absolute Gasteiger partial charge is 0.335 e. The van der Waals surface area contributed by atoms with Gasteiger partial charge in [-0.2, -0.15) is 0 Å². The van der Waals surface area contributed by atoms with E-state index in [0.29, 0.717) is 9.84 Å². The summed E-state index contributed by atoms with van der Waals surface area (Å²) in [6.45, 7) is 6.75. The molecule has 1 aromatic carbocycles. The molecule has 0 aliphatic heterocycles. The van der Waals surface area contributed by atoms with Gasteiger partial charge in [0.1, 0.15) is 0 Å². The molecule has 3 N–H and O–H groups in total. The van der Waals surface area contributed by atoms with Gasteiger partial charge in [0.05, 0.1) is 5.56 Å². The van der Waals surface area contributed by atoms with Gasteiger partial charge in [0, 0.05) is 0 Å². The molecule has 4 heteroatoms. The highest BCUT2D eigenvalue weighted by Gasteiger charge is 1.97. The summed E-state index contributed by atoms with van der Waals surface area (Å²) in [5, 5.41) is 8.38. The summed E-state index contributed by atoms with van der Waals surface area (Å²) in [6, 6.07) is 8.30. The molecule has 0 unspecified atom stereocenters. The van der Waals surface area contributed by atoms with Gasteiger partial charge in [-0.15, -0.1) is 0 Å². The maximum absolute atomic E-state index is 10.2. The van der Waals surface area contributed by atoms with Gasteiger partial charge >= 0.3 is 5.97 Å². The fourth-order valence-corrected chi connectivity index (χ4v) is 0.581. The highest BCUT2D eigenvalue weighted by Crippen LogP contribution is 2.13. The Morgan fingerprint density at radius 2 is 1.53 bits per heavy atom. The third-order valence-corrected chi connectivity index (χ3v) is 1.02. The van der Waals surface area contributed by atoms with E-state index in [1.165, 1.54) is 16.3 Å². The van der Waals surface area contributed by atoms with Crippen molar-refractivity contribution < 1.29 is 15.4 Å². The van der Waals surface area contributed by atoms with Gasteiger partial charge in [-0.1, -0.05) is 43.2 Å².